The highest BCUT2D eigenvalue weighted by Gasteiger charge is 2.28. The van der Waals surface area contributed by atoms with Gasteiger partial charge in [0, 0.05) is 17.6 Å². The minimum atomic E-state index is -4.15. The van der Waals surface area contributed by atoms with Crippen molar-refractivity contribution >= 4 is 33.2 Å². The summed E-state index contributed by atoms with van der Waals surface area (Å²) in [6, 6.07) is 16.3. The van der Waals surface area contributed by atoms with Gasteiger partial charge in [-0.2, -0.15) is 0 Å². The van der Waals surface area contributed by atoms with Gasteiger partial charge >= 0.3 is 0 Å². The Balaban J connectivity index is 1.82. The average molecular weight is 507 g/mol. The number of nitrogens with one attached hydrogen (secondary N) is 1. The molecule has 7 nitrogen and oxygen atoms in total. The lowest BCUT2D eigenvalue weighted by Gasteiger charge is -2.24. The van der Waals surface area contributed by atoms with Crippen LogP contribution < -0.4 is 19.1 Å². The number of hydrogen-bond acceptors (Lipinski definition) is 5. The van der Waals surface area contributed by atoms with Gasteiger partial charge < -0.3 is 14.8 Å². The predicted molar refractivity (Wildman–Crippen MR) is 129 cm³/mol. The molecule has 0 spiro atoms. The molecule has 0 atom stereocenters. The number of ether oxygens (including phenoxy) is 2. The zero-order valence-electron chi connectivity index (χ0n) is 18.6. The number of amides is 1. The number of carbonyl (C=O) groups excluding carboxylic acids is 1. The molecule has 0 aromatic heterocycles. The number of benzene rings is 3. The number of rotatable bonds is 10. The number of methoxy groups -OCH3 is 2. The molecule has 0 saturated heterocycles. The van der Waals surface area contributed by atoms with Gasteiger partial charge in [-0.15, -0.1) is 0 Å². The van der Waals surface area contributed by atoms with Crippen LogP contribution in [0.3, 0.4) is 0 Å². The van der Waals surface area contributed by atoms with E-state index in [0.717, 1.165) is 9.87 Å². The zero-order chi connectivity index (χ0) is 24.7. The Hall–Kier alpha value is -3.30. The molecule has 0 fully saturated rings. The van der Waals surface area contributed by atoms with Crippen molar-refractivity contribution in [3.8, 4) is 11.5 Å². The first-order valence-corrected chi connectivity index (χ1v) is 12.1. The maximum Gasteiger partial charge on any atom is 0.264 e. The quantitative estimate of drug-likeness (QED) is 0.448. The average Bonchev–Trinajstić information content (AvgIpc) is 2.84. The summed E-state index contributed by atoms with van der Waals surface area (Å²) >= 11 is 5.96. The molecule has 0 bridgehead atoms. The van der Waals surface area contributed by atoms with E-state index in [2.05, 4.69) is 5.32 Å². The maximum atomic E-state index is 13.5. The Morgan fingerprint density at radius 2 is 1.62 bits per heavy atom. The number of anilines is 1. The van der Waals surface area contributed by atoms with Crippen LogP contribution in [0, 0.1) is 5.82 Å². The van der Waals surface area contributed by atoms with Crippen LogP contribution in [0.5, 0.6) is 11.5 Å². The van der Waals surface area contributed by atoms with Gasteiger partial charge in [-0.05, 0) is 60.5 Å². The van der Waals surface area contributed by atoms with Crippen LogP contribution in [0.1, 0.15) is 5.56 Å². The van der Waals surface area contributed by atoms with E-state index in [1.807, 2.05) is 0 Å². The van der Waals surface area contributed by atoms with Gasteiger partial charge in [0.1, 0.15) is 12.4 Å². The first-order valence-electron chi connectivity index (χ1n) is 10.3. The highest BCUT2D eigenvalue weighted by atomic mass is 35.5. The van der Waals surface area contributed by atoms with E-state index in [9.17, 15) is 17.6 Å². The topological polar surface area (TPSA) is 84.9 Å². The molecule has 0 saturated carbocycles. The van der Waals surface area contributed by atoms with E-state index in [0.29, 0.717) is 17.2 Å². The third kappa shape index (κ3) is 6.18. The molecule has 1 N–H and O–H groups in total. The van der Waals surface area contributed by atoms with Gasteiger partial charge in [-0.3, -0.25) is 9.10 Å². The van der Waals surface area contributed by atoms with Crippen LogP contribution in [0.25, 0.3) is 0 Å². The number of carbonyl (C=O) groups is 1. The number of nitrogens with zero attached hydrogens (tertiary/aromatic N) is 1. The molecule has 0 radical (unpaired) electrons. The second-order valence-electron chi connectivity index (χ2n) is 7.23. The van der Waals surface area contributed by atoms with E-state index < -0.39 is 22.5 Å². The Kier molecular flexibility index (Phi) is 8.36. The Morgan fingerprint density at radius 3 is 2.24 bits per heavy atom. The van der Waals surface area contributed by atoms with Crippen molar-refractivity contribution in [3.63, 3.8) is 0 Å². The summed E-state index contributed by atoms with van der Waals surface area (Å²) in [5.41, 5.74) is 1.11. The van der Waals surface area contributed by atoms with Crippen molar-refractivity contribution in [1.82, 2.24) is 5.32 Å². The fourth-order valence-corrected chi connectivity index (χ4v) is 4.77. The largest absolute Gasteiger partial charge is 0.493 e. The highest BCUT2D eigenvalue weighted by molar-refractivity contribution is 7.92. The van der Waals surface area contributed by atoms with Crippen LogP contribution >= 0.6 is 11.6 Å². The van der Waals surface area contributed by atoms with Crippen LogP contribution in [-0.4, -0.2) is 41.6 Å². The third-order valence-corrected chi connectivity index (χ3v) is 7.02. The minimum Gasteiger partial charge on any atom is -0.493 e. The smallest absolute Gasteiger partial charge is 0.264 e. The fraction of sp³-hybridized carbons (Fsp3) is 0.208. The number of sulfonamides is 1. The van der Waals surface area contributed by atoms with Crippen molar-refractivity contribution in [2.75, 3.05) is 31.6 Å². The molecule has 0 aliphatic carbocycles. The summed E-state index contributed by atoms with van der Waals surface area (Å²) in [4.78, 5) is 12.6. The van der Waals surface area contributed by atoms with Gasteiger partial charge in [-0.25, -0.2) is 12.8 Å². The number of hydrogen-bond donors (Lipinski definition) is 1. The molecule has 180 valence electrons. The maximum absolute atomic E-state index is 13.5. The van der Waals surface area contributed by atoms with Crippen LogP contribution in [0.2, 0.25) is 5.02 Å². The fourth-order valence-electron chi connectivity index (χ4n) is 3.21. The molecule has 1 amide bonds. The molecule has 0 aliphatic heterocycles. The Labute approximate surface area is 203 Å². The summed E-state index contributed by atoms with van der Waals surface area (Å²) in [5.74, 6) is -0.228. The third-order valence-electron chi connectivity index (χ3n) is 4.99. The summed E-state index contributed by atoms with van der Waals surface area (Å²) in [6.07, 6.45) is 0.468. The molecule has 3 rings (SSSR count). The molecule has 0 unspecified atom stereocenters. The first kappa shape index (κ1) is 25.3. The Morgan fingerprint density at radius 1 is 0.971 bits per heavy atom. The van der Waals surface area contributed by atoms with E-state index in [-0.39, 0.29) is 28.7 Å². The summed E-state index contributed by atoms with van der Waals surface area (Å²) in [5, 5.41) is 3.14. The van der Waals surface area contributed by atoms with Gasteiger partial charge in [-0.1, -0.05) is 23.7 Å². The van der Waals surface area contributed by atoms with Crippen molar-refractivity contribution in [2.45, 2.75) is 11.3 Å². The van der Waals surface area contributed by atoms with Gasteiger partial charge in [0.25, 0.3) is 10.0 Å². The molecule has 3 aromatic carbocycles. The lowest BCUT2D eigenvalue weighted by Crippen LogP contribution is -2.41. The molecule has 0 aliphatic rings. The molecule has 0 heterocycles. The summed E-state index contributed by atoms with van der Waals surface area (Å²) in [6.45, 7) is -0.197. The Bertz CT molecular complexity index is 1240. The van der Waals surface area contributed by atoms with Crippen molar-refractivity contribution in [3.05, 3.63) is 83.1 Å². The van der Waals surface area contributed by atoms with Gasteiger partial charge in [0.15, 0.2) is 11.5 Å². The van der Waals surface area contributed by atoms with Crippen LogP contribution in [0.4, 0.5) is 10.1 Å². The monoisotopic (exact) mass is 506 g/mol. The standard InChI is InChI=1S/C24H24ClFN2O5S/c1-32-22-12-11-21(15-23(22)33-2)34(30,31)28(20-9-5-18(25)6-10-20)16-24(29)27-14-13-17-3-7-19(26)8-4-17/h3-12,15H,13-14,16H2,1-2H3,(H,27,29). The van der Waals surface area contributed by atoms with E-state index >= 15 is 0 Å². The molecule has 3 aromatic rings. The second-order valence-corrected chi connectivity index (χ2v) is 9.53. The summed E-state index contributed by atoms with van der Waals surface area (Å²) < 4.78 is 51.5. The molecule has 34 heavy (non-hydrogen) atoms. The first-order chi connectivity index (χ1) is 16.2. The zero-order valence-corrected chi connectivity index (χ0v) is 20.2. The van der Waals surface area contributed by atoms with Crippen LogP contribution in [0.15, 0.2) is 71.6 Å². The normalized spacial score (nSPS) is 11.1. The molecule has 10 heteroatoms. The van der Waals surface area contributed by atoms with Crippen molar-refractivity contribution in [2.24, 2.45) is 0 Å². The molecular formula is C24H24ClFN2O5S. The van der Waals surface area contributed by atoms with Crippen molar-refractivity contribution in [1.29, 1.82) is 0 Å². The van der Waals surface area contributed by atoms with Crippen molar-refractivity contribution < 1.29 is 27.1 Å². The SMILES string of the molecule is COc1ccc(S(=O)(=O)N(CC(=O)NCCc2ccc(F)cc2)c2ccc(Cl)cc2)cc1OC. The van der Waals surface area contributed by atoms with Gasteiger partial charge in [0.05, 0.1) is 24.8 Å². The van der Waals surface area contributed by atoms with E-state index in [1.54, 1.807) is 24.3 Å². The van der Waals surface area contributed by atoms with Gasteiger partial charge in [0.2, 0.25) is 5.91 Å². The predicted octanol–water partition coefficient (Wildman–Crippen LogP) is 4.05. The molecular weight excluding hydrogens is 483 g/mol. The van der Waals surface area contributed by atoms with E-state index in [4.69, 9.17) is 21.1 Å². The minimum absolute atomic E-state index is 0.0702. The highest BCUT2D eigenvalue weighted by Crippen LogP contribution is 2.32. The van der Waals surface area contributed by atoms with Crippen LogP contribution in [-0.2, 0) is 21.2 Å². The number of halogens is 2. The lowest BCUT2D eigenvalue weighted by molar-refractivity contribution is -0.119. The lowest BCUT2D eigenvalue weighted by atomic mass is 10.1. The van der Waals surface area contributed by atoms with E-state index in [1.165, 1.54) is 56.7 Å². The second kappa shape index (κ2) is 11.2. The summed E-state index contributed by atoms with van der Waals surface area (Å²) in [7, 11) is -1.30.